The smallest absolute Gasteiger partial charge is 0.123 e. The van der Waals surface area contributed by atoms with E-state index in [4.69, 9.17) is 0 Å². The number of halogens is 1. The molecule has 2 fully saturated rings. The summed E-state index contributed by atoms with van der Waals surface area (Å²) in [5.41, 5.74) is 1.34. The second-order valence-electron chi connectivity index (χ2n) is 8.46. The van der Waals surface area contributed by atoms with Crippen molar-refractivity contribution >= 4 is 0 Å². The minimum atomic E-state index is -0.118. The molecule has 1 aromatic carbocycles. The number of benzene rings is 1. The number of rotatable bonds is 6. The molecule has 0 radical (unpaired) electrons. The van der Waals surface area contributed by atoms with E-state index in [1.807, 2.05) is 12.1 Å². The molecule has 0 aliphatic heterocycles. The van der Waals surface area contributed by atoms with E-state index in [-0.39, 0.29) is 5.82 Å². The largest absolute Gasteiger partial charge is 0.207 e. The number of hydrogen-bond donors (Lipinski definition) is 0. The summed E-state index contributed by atoms with van der Waals surface area (Å²) >= 11 is 0. The fraction of sp³-hybridized carbons (Fsp3) is 0.667. The summed E-state index contributed by atoms with van der Waals surface area (Å²) in [5.74, 6) is 3.30. The molecular formula is C24H35F. The van der Waals surface area contributed by atoms with Crippen LogP contribution in [-0.2, 0) is 0 Å². The van der Waals surface area contributed by atoms with Gasteiger partial charge in [-0.25, -0.2) is 4.39 Å². The van der Waals surface area contributed by atoms with Crippen molar-refractivity contribution in [2.75, 3.05) is 0 Å². The van der Waals surface area contributed by atoms with Crippen molar-refractivity contribution < 1.29 is 4.39 Å². The maximum absolute atomic E-state index is 13.1. The first kappa shape index (κ1) is 18.7. The van der Waals surface area contributed by atoms with Gasteiger partial charge in [0.15, 0.2) is 0 Å². The average molecular weight is 343 g/mol. The van der Waals surface area contributed by atoms with Crippen molar-refractivity contribution in [1.82, 2.24) is 0 Å². The van der Waals surface area contributed by atoms with Crippen LogP contribution in [0.5, 0.6) is 0 Å². The van der Waals surface area contributed by atoms with Crippen LogP contribution in [0.2, 0.25) is 0 Å². The van der Waals surface area contributed by atoms with Gasteiger partial charge in [0.05, 0.1) is 0 Å². The average Bonchev–Trinajstić information content (AvgIpc) is 2.67. The predicted octanol–water partition coefficient (Wildman–Crippen LogP) is 7.65. The van der Waals surface area contributed by atoms with Crippen molar-refractivity contribution in [1.29, 1.82) is 0 Å². The first-order valence-electron chi connectivity index (χ1n) is 10.7. The van der Waals surface area contributed by atoms with E-state index in [0.29, 0.717) is 5.92 Å². The molecule has 0 atom stereocenters. The van der Waals surface area contributed by atoms with Crippen LogP contribution in [0.15, 0.2) is 36.4 Å². The minimum Gasteiger partial charge on any atom is -0.207 e. The molecule has 0 amide bonds. The lowest BCUT2D eigenvalue weighted by atomic mass is 9.77. The molecule has 2 saturated carbocycles. The Balaban J connectivity index is 1.33. The second kappa shape index (κ2) is 9.55. The van der Waals surface area contributed by atoms with Gasteiger partial charge in [0.25, 0.3) is 0 Å². The highest BCUT2D eigenvalue weighted by atomic mass is 19.1. The van der Waals surface area contributed by atoms with Gasteiger partial charge < -0.3 is 0 Å². The monoisotopic (exact) mass is 342 g/mol. The number of hydrogen-bond acceptors (Lipinski definition) is 0. The highest BCUT2D eigenvalue weighted by Gasteiger charge is 2.22. The van der Waals surface area contributed by atoms with Crippen molar-refractivity contribution in [2.24, 2.45) is 17.8 Å². The minimum absolute atomic E-state index is 0.118. The molecule has 0 heterocycles. The lowest BCUT2D eigenvalue weighted by Gasteiger charge is -2.28. The molecule has 138 valence electrons. The van der Waals surface area contributed by atoms with Gasteiger partial charge in [-0.1, -0.05) is 37.6 Å². The maximum atomic E-state index is 13.1. The van der Waals surface area contributed by atoms with E-state index in [1.165, 1.54) is 76.2 Å². The Kier molecular flexibility index (Phi) is 7.13. The summed E-state index contributed by atoms with van der Waals surface area (Å²) in [6.07, 6.45) is 20.0. The van der Waals surface area contributed by atoms with Crippen LogP contribution in [-0.4, -0.2) is 0 Å². The van der Waals surface area contributed by atoms with Gasteiger partial charge in [-0.2, -0.15) is 0 Å². The fourth-order valence-corrected chi connectivity index (χ4v) is 4.93. The van der Waals surface area contributed by atoms with E-state index in [9.17, 15) is 4.39 Å². The van der Waals surface area contributed by atoms with E-state index < -0.39 is 0 Å². The van der Waals surface area contributed by atoms with Gasteiger partial charge in [0.2, 0.25) is 0 Å². The van der Waals surface area contributed by atoms with Crippen LogP contribution in [0.4, 0.5) is 4.39 Å². The second-order valence-corrected chi connectivity index (χ2v) is 8.46. The maximum Gasteiger partial charge on any atom is 0.123 e. The van der Waals surface area contributed by atoms with Crippen LogP contribution in [0.25, 0.3) is 0 Å². The van der Waals surface area contributed by atoms with E-state index in [2.05, 4.69) is 19.1 Å². The predicted molar refractivity (Wildman–Crippen MR) is 105 cm³/mol. The zero-order valence-corrected chi connectivity index (χ0v) is 15.9. The molecule has 3 rings (SSSR count). The Labute approximate surface area is 153 Å². The third kappa shape index (κ3) is 5.69. The molecular weight excluding hydrogens is 307 g/mol. The Bertz CT molecular complexity index is 514. The molecule has 2 aliphatic rings. The normalized spacial score (nSPS) is 30.6. The molecule has 0 aromatic heterocycles. The quantitative estimate of drug-likeness (QED) is 0.466. The fourth-order valence-electron chi connectivity index (χ4n) is 4.93. The Morgan fingerprint density at radius 3 is 2.16 bits per heavy atom. The molecule has 0 saturated heterocycles. The SMILES string of the molecule is CCC1CCC(/C=C/CCC2CCC(c3ccc(F)cc3)CC2)CC1. The molecule has 1 aromatic rings. The van der Waals surface area contributed by atoms with Crippen LogP contribution in [0.1, 0.15) is 89.0 Å². The van der Waals surface area contributed by atoms with E-state index >= 15 is 0 Å². The summed E-state index contributed by atoms with van der Waals surface area (Å²) in [6, 6.07) is 7.19. The van der Waals surface area contributed by atoms with Crippen LogP contribution in [0.3, 0.4) is 0 Å². The van der Waals surface area contributed by atoms with Crippen LogP contribution < -0.4 is 0 Å². The molecule has 0 nitrogen and oxygen atoms in total. The molecule has 0 N–H and O–H groups in total. The van der Waals surface area contributed by atoms with Gasteiger partial charge in [0, 0.05) is 0 Å². The van der Waals surface area contributed by atoms with Crippen molar-refractivity contribution in [3.8, 4) is 0 Å². The van der Waals surface area contributed by atoms with Gasteiger partial charge in [-0.3, -0.25) is 0 Å². The van der Waals surface area contributed by atoms with Crippen molar-refractivity contribution in [3.05, 3.63) is 47.8 Å². The van der Waals surface area contributed by atoms with E-state index in [0.717, 1.165) is 17.8 Å². The zero-order chi connectivity index (χ0) is 17.5. The lowest BCUT2D eigenvalue weighted by molar-refractivity contribution is 0.301. The molecule has 2 aliphatic carbocycles. The van der Waals surface area contributed by atoms with Gasteiger partial charge in [-0.05, 0) is 106 Å². The third-order valence-corrected chi connectivity index (χ3v) is 6.81. The third-order valence-electron chi connectivity index (χ3n) is 6.81. The van der Waals surface area contributed by atoms with Crippen molar-refractivity contribution in [2.45, 2.75) is 83.5 Å². The van der Waals surface area contributed by atoms with Crippen LogP contribution in [0, 0.1) is 23.6 Å². The standard InChI is InChI=1S/C24H35F/c1-2-19-7-9-20(10-8-19)5-3-4-6-21-11-13-22(14-12-21)23-15-17-24(25)18-16-23/h3,5,15-22H,2,4,6-14H2,1H3/b5-3+. The Morgan fingerprint density at radius 1 is 0.880 bits per heavy atom. The lowest BCUT2D eigenvalue weighted by Crippen LogP contribution is -2.13. The van der Waals surface area contributed by atoms with Crippen LogP contribution >= 0.6 is 0 Å². The van der Waals surface area contributed by atoms with Gasteiger partial charge >= 0.3 is 0 Å². The molecule has 0 unspecified atom stereocenters. The topological polar surface area (TPSA) is 0 Å². The van der Waals surface area contributed by atoms with E-state index in [1.54, 1.807) is 12.1 Å². The van der Waals surface area contributed by atoms with Crippen molar-refractivity contribution in [3.63, 3.8) is 0 Å². The summed E-state index contributed by atoms with van der Waals surface area (Å²) in [6.45, 7) is 2.34. The first-order valence-corrected chi connectivity index (χ1v) is 10.7. The molecule has 0 bridgehead atoms. The number of allylic oxidation sites excluding steroid dienone is 2. The highest BCUT2D eigenvalue weighted by molar-refractivity contribution is 5.20. The Hall–Kier alpha value is -1.11. The highest BCUT2D eigenvalue weighted by Crippen LogP contribution is 2.37. The van der Waals surface area contributed by atoms with Gasteiger partial charge in [0.1, 0.15) is 5.82 Å². The summed E-state index contributed by atoms with van der Waals surface area (Å²) in [5, 5.41) is 0. The molecule has 25 heavy (non-hydrogen) atoms. The zero-order valence-electron chi connectivity index (χ0n) is 15.9. The molecule has 1 heteroatoms. The summed E-state index contributed by atoms with van der Waals surface area (Å²) < 4.78 is 13.1. The molecule has 0 spiro atoms. The Morgan fingerprint density at radius 2 is 1.52 bits per heavy atom. The summed E-state index contributed by atoms with van der Waals surface area (Å²) in [4.78, 5) is 0. The summed E-state index contributed by atoms with van der Waals surface area (Å²) in [7, 11) is 0. The first-order chi connectivity index (χ1) is 12.2. The van der Waals surface area contributed by atoms with Gasteiger partial charge in [-0.15, -0.1) is 0 Å².